The summed E-state index contributed by atoms with van der Waals surface area (Å²) in [5.74, 6) is -1.31. The Morgan fingerprint density at radius 3 is 2.90 bits per heavy atom. The molecule has 0 aliphatic carbocycles. The van der Waals surface area contributed by atoms with Gasteiger partial charge in [-0.3, -0.25) is 4.79 Å². The van der Waals surface area contributed by atoms with E-state index in [4.69, 9.17) is 10.5 Å². The van der Waals surface area contributed by atoms with Crippen molar-refractivity contribution >= 4 is 17.6 Å². The second kappa shape index (κ2) is 7.03. The van der Waals surface area contributed by atoms with E-state index in [-0.39, 0.29) is 17.4 Å². The Morgan fingerprint density at radius 1 is 1.43 bits per heavy atom. The highest BCUT2D eigenvalue weighted by Crippen LogP contribution is 2.16. The number of amides is 3. The lowest BCUT2D eigenvalue weighted by atomic mass is 10.2. The molecule has 1 aliphatic heterocycles. The van der Waals surface area contributed by atoms with Gasteiger partial charge in [0.25, 0.3) is 0 Å². The summed E-state index contributed by atoms with van der Waals surface area (Å²) in [6.07, 6.45) is 2.94. The minimum Gasteiger partial charge on any atom is -0.378 e. The molecule has 114 valence electrons. The number of nitrogens with one attached hydrogen (secondary N) is 2. The van der Waals surface area contributed by atoms with Crippen molar-refractivity contribution in [1.29, 1.82) is 0 Å². The van der Waals surface area contributed by atoms with Crippen LogP contribution in [0.25, 0.3) is 0 Å². The summed E-state index contributed by atoms with van der Waals surface area (Å²) < 4.78 is 19.0. The average Bonchev–Trinajstić information content (AvgIpc) is 2.94. The molecular formula is C14H18FN3O3. The van der Waals surface area contributed by atoms with Gasteiger partial charge in [0, 0.05) is 18.7 Å². The van der Waals surface area contributed by atoms with E-state index in [0.29, 0.717) is 6.54 Å². The van der Waals surface area contributed by atoms with Crippen LogP contribution in [-0.4, -0.2) is 31.2 Å². The van der Waals surface area contributed by atoms with E-state index in [1.54, 1.807) is 0 Å². The first-order valence-corrected chi connectivity index (χ1v) is 6.82. The number of primary amides is 1. The van der Waals surface area contributed by atoms with Crippen molar-refractivity contribution in [2.24, 2.45) is 5.73 Å². The van der Waals surface area contributed by atoms with Crippen LogP contribution >= 0.6 is 0 Å². The normalized spacial score (nSPS) is 17.5. The van der Waals surface area contributed by atoms with E-state index in [1.807, 2.05) is 0 Å². The monoisotopic (exact) mass is 295 g/mol. The fourth-order valence-corrected chi connectivity index (χ4v) is 2.16. The van der Waals surface area contributed by atoms with Crippen LogP contribution in [0.5, 0.6) is 0 Å². The molecule has 21 heavy (non-hydrogen) atoms. The van der Waals surface area contributed by atoms with Crippen molar-refractivity contribution in [2.45, 2.75) is 25.4 Å². The van der Waals surface area contributed by atoms with Crippen LogP contribution in [0.3, 0.4) is 0 Å². The van der Waals surface area contributed by atoms with Crippen LogP contribution in [0.4, 0.5) is 14.9 Å². The number of carbonyl (C=O) groups is 2. The summed E-state index contributed by atoms with van der Waals surface area (Å²) in [6, 6.07) is 3.02. The number of urea groups is 1. The number of hydrogen-bond acceptors (Lipinski definition) is 3. The van der Waals surface area contributed by atoms with E-state index in [0.717, 1.165) is 31.9 Å². The summed E-state index contributed by atoms with van der Waals surface area (Å²) in [4.78, 5) is 22.7. The molecule has 4 N–H and O–H groups in total. The van der Waals surface area contributed by atoms with Crippen molar-refractivity contribution in [1.82, 2.24) is 5.32 Å². The summed E-state index contributed by atoms with van der Waals surface area (Å²) in [6.45, 7) is 1.20. The molecule has 1 saturated heterocycles. The third-order valence-corrected chi connectivity index (χ3v) is 3.27. The number of nitrogens with two attached hydrogens (primary N) is 1. The lowest BCUT2D eigenvalue weighted by Gasteiger charge is -2.11. The minimum absolute atomic E-state index is 0.0825. The lowest BCUT2D eigenvalue weighted by Crippen LogP contribution is -2.31. The summed E-state index contributed by atoms with van der Waals surface area (Å²) >= 11 is 0. The molecular weight excluding hydrogens is 277 g/mol. The van der Waals surface area contributed by atoms with Gasteiger partial charge in [-0.25, -0.2) is 9.18 Å². The average molecular weight is 295 g/mol. The third-order valence-electron chi connectivity index (χ3n) is 3.27. The van der Waals surface area contributed by atoms with Gasteiger partial charge in [0.05, 0.1) is 11.8 Å². The Balaban J connectivity index is 1.84. The highest BCUT2D eigenvalue weighted by atomic mass is 19.1. The largest absolute Gasteiger partial charge is 0.378 e. The molecule has 1 fully saturated rings. The van der Waals surface area contributed by atoms with E-state index >= 15 is 0 Å². The number of hydrogen-bond donors (Lipinski definition) is 3. The maximum atomic E-state index is 13.5. The fraction of sp³-hybridized carbons (Fsp3) is 0.429. The quantitative estimate of drug-likeness (QED) is 0.770. The fourth-order valence-electron chi connectivity index (χ4n) is 2.16. The minimum atomic E-state index is -0.683. The molecule has 0 bridgehead atoms. The molecule has 0 saturated carbocycles. The standard InChI is InChI=1S/C14H18FN3O3/c15-11-4-3-9(13(16)19)8-12(11)18-14(20)17-6-5-10-2-1-7-21-10/h3-4,8,10H,1-2,5-7H2,(H2,16,19)(H2,17,18,20)/t10-/m1/s1. The van der Waals surface area contributed by atoms with Crippen LogP contribution in [-0.2, 0) is 4.74 Å². The van der Waals surface area contributed by atoms with Gasteiger partial charge in [-0.2, -0.15) is 0 Å². The number of rotatable bonds is 5. The van der Waals surface area contributed by atoms with Crippen molar-refractivity contribution in [3.8, 4) is 0 Å². The molecule has 0 unspecified atom stereocenters. The zero-order valence-electron chi connectivity index (χ0n) is 11.5. The van der Waals surface area contributed by atoms with E-state index in [9.17, 15) is 14.0 Å². The molecule has 1 heterocycles. The predicted molar refractivity (Wildman–Crippen MR) is 75.5 cm³/mol. The second-order valence-corrected chi connectivity index (χ2v) is 4.86. The van der Waals surface area contributed by atoms with Gasteiger partial charge >= 0.3 is 6.03 Å². The second-order valence-electron chi connectivity index (χ2n) is 4.86. The van der Waals surface area contributed by atoms with Crippen LogP contribution < -0.4 is 16.4 Å². The number of carbonyl (C=O) groups excluding carboxylic acids is 2. The van der Waals surface area contributed by atoms with E-state index in [2.05, 4.69) is 10.6 Å². The lowest BCUT2D eigenvalue weighted by molar-refractivity contribution is 0.1000. The van der Waals surface area contributed by atoms with Crippen LogP contribution in [0.15, 0.2) is 18.2 Å². The third kappa shape index (κ3) is 4.42. The summed E-state index contributed by atoms with van der Waals surface area (Å²) in [5.41, 5.74) is 5.16. The predicted octanol–water partition coefficient (Wildman–Crippen LogP) is 1.62. The molecule has 1 aromatic rings. The van der Waals surface area contributed by atoms with E-state index in [1.165, 1.54) is 12.1 Å². The molecule has 1 atom stereocenters. The number of benzene rings is 1. The Morgan fingerprint density at radius 2 is 2.24 bits per heavy atom. The first-order chi connectivity index (χ1) is 10.1. The first kappa shape index (κ1) is 15.2. The van der Waals surface area contributed by atoms with Crippen LogP contribution in [0.2, 0.25) is 0 Å². The maximum absolute atomic E-state index is 13.5. The number of halogens is 1. The highest BCUT2D eigenvalue weighted by Gasteiger charge is 2.15. The number of ether oxygens (including phenoxy) is 1. The van der Waals surface area contributed by atoms with Gasteiger partial charge < -0.3 is 21.1 Å². The van der Waals surface area contributed by atoms with Crippen molar-refractivity contribution in [2.75, 3.05) is 18.5 Å². The SMILES string of the molecule is NC(=O)c1ccc(F)c(NC(=O)NCC[C@H]2CCCO2)c1. The van der Waals surface area contributed by atoms with Crippen LogP contribution in [0.1, 0.15) is 29.6 Å². The zero-order chi connectivity index (χ0) is 15.2. The Labute approximate surface area is 121 Å². The molecule has 0 spiro atoms. The molecule has 7 heteroatoms. The molecule has 3 amide bonds. The molecule has 0 aromatic heterocycles. The highest BCUT2D eigenvalue weighted by molar-refractivity contribution is 5.96. The van der Waals surface area contributed by atoms with Gasteiger partial charge in [0.1, 0.15) is 5.82 Å². The zero-order valence-corrected chi connectivity index (χ0v) is 11.5. The van der Waals surface area contributed by atoms with Gasteiger partial charge in [0.15, 0.2) is 0 Å². The van der Waals surface area contributed by atoms with Crippen molar-refractivity contribution in [3.05, 3.63) is 29.6 Å². The molecule has 1 aliphatic rings. The topological polar surface area (TPSA) is 93.5 Å². The van der Waals surface area contributed by atoms with E-state index < -0.39 is 17.8 Å². The Hall–Kier alpha value is -2.15. The molecule has 0 radical (unpaired) electrons. The molecule has 2 rings (SSSR count). The van der Waals surface area contributed by atoms with Crippen LogP contribution in [0, 0.1) is 5.82 Å². The van der Waals surface area contributed by atoms with Crippen molar-refractivity contribution < 1.29 is 18.7 Å². The van der Waals surface area contributed by atoms with Gasteiger partial charge in [-0.15, -0.1) is 0 Å². The molecule has 1 aromatic carbocycles. The molecule has 6 nitrogen and oxygen atoms in total. The van der Waals surface area contributed by atoms with Gasteiger partial charge in [0.2, 0.25) is 5.91 Å². The van der Waals surface area contributed by atoms with Gasteiger partial charge in [-0.1, -0.05) is 0 Å². The smallest absolute Gasteiger partial charge is 0.319 e. The summed E-state index contributed by atoms with van der Waals surface area (Å²) in [5, 5.41) is 4.98. The van der Waals surface area contributed by atoms with Crippen molar-refractivity contribution in [3.63, 3.8) is 0 Å². The van der Waals surface area contributed by atoms with Gasteiger partial charge in [-0.05, 0) is 37.5 Å². The maximum Gasteiger partial charge on any atom is 0.319 e. The Bertz CT molecular complexity index is 530. The Kier molecular flexibility index (Phi) is 5.10. The number of anilines is 1. The summed E-state index contributed by atoms with van der Waals surface area (Å²) in [7, 11) is 0. The first-order valence-electron chi connectivity index (χ1n) is 6.82.